The van der Waals surface area contributed by atoms with E-state index < -0.39 is 0 Å². The van der Waals surface area contributed by atoms with Crippen LogP contribution in [0.3, 0.4) is 0 Å². The van der Waals surface area contributed by atoms with Crippen LogP contribution in [0, 0.1) is 0 Å². The van der Waals surface area contributed by atoms with Gasteiger partial charge in [-0.15, -0.1) is 0 Å². The Morgan fingerprint density at radius 2 is 1.85 bits per heavy atom. The van der Waals surface area contributed by atoms with Gasteiger partial charge in [0.25, 0.3) is 0 Å². The van der Waals surface area contributed by atoms with Crippen LogP contribution in [0.2, 0.25) is 15.1 Å². The maximum Gasteiger partial charge on any atom is 0.226 e. The number of nitrogens with zero attached hydrogens (tertiary/aromatic N) is 3. The predicted octanol–water partition coefficient (Wildman–Crippen LogP) is 4.16. The topological polar surface area (TPSA) is 45.7 Å². The summed E-state index contributed by atoms with van der Waals surface area (Å²) in [5.41, 5.74) is 0. The molecule has 26 heavy (non-hydrogen) atoms. The van der Waals surface area contributed by atoms with Gasteiger partial charge in [-0.3, -0.25) is 4.79 Å². The average Bonchev–Trinajstić information content (AvgIpc) is 2.66. The molecule has 1 amide bonds. The highest BCUT2D eigenvalue weighted by molar-refractivity contribution is 6.42. The number of hydrogen-bond donors (Lipinski definition) is 0. The Balaban J connectivity index is 1.45. The van der Waals surface area contributed by atoms with E-state index in [9.17, 15) is 4.79 Å². The fraction of sp³-hybridized carbons (Fsp3) is 0.333. The number of aromatic nitrogens is 1. The molecule has 1 saturated heterocycles. The minimum absolute atomic E-state index is 0.0619. The first-order valence-electron chi connectivity index (χ1n) is 8.25. The summed E-state index contributed by atoms with van der Waals surface area (Å²) < 4.78 is 5.58. The Kier molecular flexibility index (Phi) is 6.46. The van der Waals surface area contributed by atoms with E-state index in [4.69, 9.17) is 39.5 Å². The van der Waals surface area contributed by atoms with Gasteiger partial charge in [0.2, 0.25) is 5.91 Å². The van der Waals surface area contributed by atoms with Crippen molar-refractivity contribution in [1.82, 2.24) is 9.88 Å². The second-order valence-corrected chi connectivity index (χ2v) is 7.07. The van der Waals surface area contributed by atoms with Crippen molar-refractivity contribution < 1.29 is 9.53 Å². The summed E-state index contributed by atoms with van der Waals surface area (Å²) in [5, 5.41) is 1.41. The molecule has 8 heteroatoms. The molecule has 0 aliphatic carbocycles. The Morgan fingerprint density at radius 3 is 2.54 bits per heavy atom. The van der Waals surface area contributed by atoms with Gasteiger partial charge in [-0.1, -0.05) is 40.9 Å². The summed E-state index contributed by atoms with van der Waals surface area (Å²) in [4.78, 5) is 20.7. The molecule has 2 heterocycles. The molecule has 0 radical (unpaired) electrons. The van der Waals surface area contributed by atoms with Crippen LogP contribution in [0.25, 0.3) is 0 Å². The molecule has 0 N–H and O–H groups in total. The van der Waals surface area contributed by atoms with Gasteiger partial charge in [-0.2, -0.15) is 0 Å². The normalized spacial score (nSPS) is 14.4. The van der Waals surface area contributed by atoms with Crippen LogP contribution in [0.15, 0.2) is 36.5 Å². The average molecular weight is 415 g/mol. The van der Waals surface area contributed by atoms with Gasteiger partial charge < -0.3 is 14.5 Å². The summed E-state index contributed by atoms with van der Waals surface area (Å²) in [6, 6.07) is 8.89. The predicted molar refractivity (Wildman–Crippen MR) is 105 cm³/mol. The molecule has 0 spiro atoms. The van der Waals surface area contributed by atoms with Crippen LogP contribution < -0.4 is 9.64 Å². The number of ether oxygens (including phenoxy) is 1. The van der Waals surface area contributed by atoms with E-state index in [1.54, 1.807) is 24.4 Å². The number of halogens is 3. The van der Waals surface area contributed by atoms with Crippen LogP contribution in [0.1, 0.15) is 6.42 Å². The van der Waals surface area contributed by atoms with E-state index >= 15 is 0 Å². The summed E-state index contributed by atoms with van der Waals surface area (Å²) >= 11 is 17.9. The highest BCUT2D eigenvalue weighted by Crippen LogP contribution is 2.31. The Bertz CT molecular complexity index is 763. The van der Waals surface area contributed by atoms with Crippen LogP contribution in [-0.4, -0.2) is 48.6 Å². The van der Waals surface area contributed by atoms with Crippen molar-refractivity contribution in [2.24, 2.45) is 0 Å². The maximum atomic E-state index is 12.4. The molecule has 5 nitrogen and oxygen atoms in total. The lowest BCUT2D eigenvalue weighted by atomic mass is 10.2. The molecule has 3 rings (SSSR count). The summed E-state index contributed by atoms with van der Waals surface area (Å²) in [7, 11) is 0. The van der Waals surface area contributed by atoms with Crippen molar-refractivity contribution in [2.45, 2.75) is 6.42 Å². The number of pyridine rings is 1. The number of benzene rings is 1. The lowest BCUT2D eigenvalue weighted by Gasteiger charge is -2.35. The lowest BCUT2D eigenvalue weighted by Crippen LogP contribution is -2.49. The minimum Gasteiger partial charge on any atom is -0.491 e. The van der Waals surface area contributed by atoms with E-state index in [1.807, 2.05) is 17.0 Å². The number of hydrogen-bond acceptors (Lipinski definition) is 4. The van der Waals surface area contributed by atoms with Gasteiger partial charge in [0.15, 0.2) is 0 Å². The van der Waals surface area contributed by atoms with E-state index in [0.29, 0.717) is 40.3 Å². The van der Waals surface area contributed by atoms with Crippen molar-refractivity contribution in [3.05, 3.63) is 51.6 Å². The molecule has 0 bridgehead atoms. The number of carbonyl (C=O) groups is 1. The third-order valence-corrected chi connectivity index (χ3v) is 5.18. The molecule has 1 aliphatic rings. The number of anilines is 1. The van der Waals surface area contributed by atoms with Gasteiger partial charge in [0.05, 0.1) is 23.1 Å². The zero-order chi connectivity index (χ0) is 18.5. The smallest absolute Gasteiger partial charge is 0.226 e. The van der Waals surface area contributed by atoms with E-state index in [0.717, 1.165) is 18.9 Å². The third-order valence-electron chi connectivity index (χ3n) is 4.16. The first-order chi connectivity index (χ1) is 12.5. The molecule has 138 valence electrons. The first-order valence-corrected chi connectivity index (χ1v) is 9.39. The molecule has 0 atom stereocenters. The second kappa shape index (κ2) is 8.80. The molecule has 1 aromatic heterocycles. The zero-order valence-corrected chi connectivity index (χ0v) is 16.3. The number of carbonyl (C=O) groups excluding carboxylic acids is 1. The van der Waals surface area contributed by atoms with Crippen molar-refractivity contribution in [3.63, 3.8) is 0 Å². The molecule has 1 aromatic carbocycles. The molecule has 0 unspecified atom stereocenters. The Labute approximate surface area is 167 Å². The fourth-order valence-corrected chi connectivity index (χ4v) is 3.20. The SMILES string of the molecule is O=C(CCOc1cccc(Cl)c1Cl)N1CCN(c2ccc(Cl)cn2)CC1. The fourth-order valence-electron chi connectivity index (χ4n) is 2.74. The summed E-state index contributed by atoms with van der Waals surface area (Å²) in [6.07, 6.45) is 1.93. The van der Waals surface area contributed by atoms with Crippen molar-refractivity contribution in [3.8, 4) is 5.75 Å². The summed E-state index contributed by atoms with van der Waals surface area (Å²) in [5.74, 6) is 1.43. The number of amides is 1. The Morgan fingerprint density at radius 1 is 1.08 bits per heavy atom. The Hall–Kier alpha value is -1.69. The summed E-state index contributed by atoms with van der Waals surface area (Å²) in [6.45, 7) is 3.04. The monoisotopic (exact) mass is 413 g/mol. The highest BCUT2D eigenvalue weighted by atomic mass is 35.5. The maximum absolute atomic E-state index is 12.4. The molecule has 1 aliphatic heterocycles. The van der Waals surface area contributed by atoms with Crippen molar-refractivity contribution >= 4 is 46.5 Å². The third kappa shape index (κ3) is 4.72. The van der Waals surface area contributed by atoms with Crippen molar-refractivity contribution in [2.75, 3.05) is 37.7 Å². The van der Waals surface area contributed by atoms with Crippen LogP contribution in [0.5, 0.6) is 5.75 Å². The number of piperazine rings is 1. The lowest BCUT2D eigenvalue weighted by molar-refractivity contribution is -0.132. The van der Waals surface area contributed by atoms with Gasteiger partial charge >= 0.3 is 0 Å². The van der Waals surface area contributed by atoms with Crippen LogP contribution >= 0.6 is 34.8 Å². The van der Waals surface area contributed by atoms with Gasteiger partial charge in [-0.05, 0) is 24.3 Å². The second-order valence-electron chi connectivity index (χ2n) is 5.85. The largest absolute Gasteiger partial charge is 0.491 e. The molecular formula is C18H18Cl3N3O2. The zero-order valence-electron chi connectivity index (χ0n) is 14.0. The van der Waals surface area contributed by atoms with Gasteiger partial charge in [-0.25, -0.2) is 4.98 Å². The molecular weight excluding hydrogens is 397 g/mol. The molecule has 1 fully saturated rings. The molecule has 2 aromatic rings. The van der Waals surface area contributed by atoms with Crippen molar-refractivity contribution in [1.29, 1.82) is 0 Å². The number of rotatable bonds is 5. The van der Waals surface area contributed by atoms with Gasteiger partial charge in [0.1, 0.15) is 16.6 Å². The van der Waals surface area contributed by atoms with E-state index in [2.05, 4.69) is 9.88 Å². The van der Waals surface area contributed by atoms with E-state index in [1.165, 1.54) is 0 Å². The minimum atomic E-state index is 0.0619. The highest BCUT2D eigenvalue weighted by Gasteiger charge is 2.21. The van der Waals surface area contributed by atoms with Gasteiger partial charge in [0, 0.05) is 32.4 Å². The molecule has 0 saturated carbocycles. The van der Waals surface area contributed by atoms with E-state index in [-0.39, 0.29) is 12.5 Å². The van der Waals surface area contributed by atoms with Crippen LogP contribution in [-0.2, 0) is 4.79 Å². The first kappa shape index (κ1) is 19.1. The standard InChI is InChI=1S/C18H18Cl3N3O2/c19-13-4-5-16(22-12-13)23-7-9-24(10-8-23)17(25)6-11-26-15-3-1-2-14(20)18(15)21/h1-5,12H,6-11H2. The van der Waals surface area contributed by atoms with Crippen LogP contribution in [0.4, 0.5) is 5.82 Å². The quantitative estimate of drug-likeness (QED) is 0.737.